The van der Waals surface area contributed by atoms with Crippen LogP contribution in [0.4, 0.5) is 0 Å². The Morgan fingerprint density at radius 3 is 2.65 bits per heavy atom. The Morgan fingerprint density at radius 2 is 2.00 bits per heavy atom. The van der Waals surface area contributed by atoms with E-state index in [9.17, 15) is 10.1 Å². The molecular weight excluding hydrogens is 256 g/mol. The standard InChI is InChI=1S/C15H24N2O3/c16-12-15(6-9-19-10-7-15)14(18)17-8-11-20-13-4-2-1-3-5-13/h13H,1-11H2,(H,17,18). The normalized spacial score (nSPS) is 22.9. The topological polar surface area (TPSA) is 71.4 Å². The number of hydrogen-bond donors (Lipinski definition) is 1. The van der Waals surface area contributed by atoms with Gasteiger partial charge in [0.05, 0.1) is 18.8 Å². The molecule has 0 aromatic carbocycles. The minimum atomic E-state index is -0.900. The second-order valence-electron chi connectivity index (χ2n) is 5.69. The van der Waals surface area contributed by atoms with Crippen LogP contribution in [0.5, 0.6) is 0 Å². The van der Waals surface area contributed by atoms with Crippen LogP contribution in [0.2, 0.25) is 0 Å². The van der Waals surface area contributed by atoms with E-state index in [1.165, 1.54) is 19.3 Å². The van der Waals surface area contributed by atoms with Crippen LogP contribution < -0.4 is 5.32 Å². The minimum absolute atomic E-state index is 0.171. The molecule has 2 fully saturated rings. The molecule has 0 aromatic heterocycles. The highest BCUT2D eigenvalue weighted by molar-refractivity contribution is 5.85. The van der Waals surface area contributed by atoms with Crippen molar-refractivity contribution in [2.24, 2.45) is 5.41 Å². The average molecular weight is 280 g/mol. The molecule has 1 saturated carbocycles. The predicted molar refractivity (Wildman–Crippen MR) is 73.9 cm³/mol. The Labute approximate surface area is 120 Å². The van der Waals surface area contributed by atoms with E-state index >= 15 is 0 Å². The van der Waals surface area contributed by atoms with Gasteiger partial charge >= 0.3 is 0 Å². The van der Waals surface area contributed by atoms with Gasteiger partial charge in [0.2, 0.25) is 5.91 Å². The van der Waals surface area contributed by atoms with Gasteiger partial charge in [0, 0.05) is 19.8 Å². The molecule has 5 heteroatoms. The first-order valence-corrected chi connectivity index (χ1v) is 7.66. The van der Waals surface area contributed by atoms with Crippen LogP contribution >= 0.6 is 0 Å². The lowest BCUT2D eigenvalue weighted by atomic mass is 9.81. The number of ether oxygens (including phenoxy) is 2. The Kier molecular flexibility index (Phi) is 5.81. The molecule has 0 atom stereocenters. The maximum atomic E-state index is 12.2. The summed E-state index contributed by atoms with van der Waals surface area (Å²) in [6, 6.07) is 2.17. The van der Waals surface area contributed by atoms with Crippen molar-refractivity contribution in [3.8, 4) is 6.07 Å². The molecule has 1 saturated heterocycles. The van der Waals surface area contributed by atoms with Gasteiger partial charge in [-0.3, -0.25) is 4.79 Å². The maximum Gasteiger partial charge on any atom is 0.240 e. The fourth-order valence-electron chi connectivity index (χ4n) is 2.90. The summed E-state index contributed by atoms with van der Waals surface area (Å²) >= 11 is 0. The Bertz CT molecular complexity index is 353. The maximum absolute atomic E-state index is 12.2. The highest BCUT2D eigenvalue weighted by Gasteiger charge is 2.40. The van der Waals surface area contributed by atoms with E-state index < -0.39 is 5.41 Å². The molecular formula is C15H24N2O3. The lowest BCUT2D eigenvalue weighted by Gasteiger charge is -2.29. The highest BCUT2D eigenvalue weighted by Crippen LogP contribution is 2.29. The molecule has 1 aliphatic carbocycles. The van der Waals surface area contributed by atoms with Gasteiger partial charge in [-0.2, -0.15) is 5.26 Å². The summed E-state index contributed by atoms with van der Waals surface area (Å²) in [6.07, 6.45) is 7.39. The van der Waals surface area contributed by atoms with E-state index in [1.807, 2.05) is 0 Å². The fourth-order valence-corrected chi connectivity index (χ4v) is 2.90. The van der Waals surface area contributed by atoms with Crippen molar-refractivity contribution in [3.63, 3.8) is 0 Å². The number of rotatable bonds is 5. The molecule has 5 nitrogen and oxygen atoms in total. The van der Waals surface area contributed by atoms with Gasteiger partial charge in [-0.25, -0.2) is 0 Å². The molecule has 0 bridgehead atoms. The van der Waals surface area contributed by atoms with Gasteiger partial charge in [0.25, 0.3) is 0 Å². The zero-order valence-electron chi connectivity index (χ0n) is 12.0. The van der Waals surface area contributed by atoms with Gasteiger partial charge < -0.3 is 14.8 Å². The summed E-state index contributed by atoms with van der Waals surface area (Å²) in [7, 11) is 0. The van der Waals surface area contributed by atoms with Gasteiger partial charge in [0.1, 0.15) is 5.41 Å². The van der Waals surface area contributed by atoms with Crippen LogP contribution in [0.3, 0.4) is 0 Å². The summed E-state index contributed by atoms with van der Waals surface area (Å²) in [4.78, 5) is 12.2. The van der Waals surface area contributed by atoms with E-state index in [0.29, 0.717) is 45.3 Å². The van der Waals surface area contributed by atoms with Crippen LogP contribution in [0.1, 0.15) is 44.9 Å². The van der Waals surface area contributed by atoms with E-state index in [4.69, 9.17) is 9.47 Å². The van der Waals surface area contributed by atoms with Gasteiger partial charge in [-0.15, -0.1) is 0 Å². The van der Waals surface area contributed by atoms with Crippen molar-refractivity contribution < 1.29 is 14.3 Å². The molecule has 0 spiro atoms. The third-order valence-electron chi connectivity index (χ3n) is 4.29. The van der Waals surface area contributed by atoms with Crippen molar-refractivity contribution in [1.29, 1.82) is 5.26 Å². The van der Waals surface area contributed by atoms with E-state index in [2.05, 4.69) is 11.4 Å². The smallest absolute Gasteiger partial charge is 0.240 e. The molecule has 1 heterocycles. The first kappa shape index (κ1) is 15.3. The zero-order valence-corrected chi connectivity index (χ0v) is 12.0. The Balaban J connectivity index is 1.67. The molecule has 0 unspecified atom stereocenters. The number of carbonyl (C=O) groups is 1. The molecule has 1 amide bonds. The quantitative estimate of drug-likeness (QED) is 0.779. The molecule has 0 aromatic rings. The van der Waals surface area contributed by atoms with Gasteiger partial charge in [-0.1, -0.05) is 19.3 Å². The summed E-state index contributed by atoms with van der Waals surface area (Å²) in [5, 5.41) is 12.1. The minimum Gasteiger partial charge on any atom is -0.381 e. The number of hydrogen-bond acceptors (Lipinski definition) is 4. The van der Waals surface area contributed by atoms with Crippen molar-refractivity contribution in [2.45, 2.75) is 51.0 Å². The van der Waals surface area contributed by atoms with Crippen molar-refractivity contribution in [3.05, 3.63) is 0 Å². The van der Waals surface area contributed by atoms with Crippen LogP contribution in [-0.2, 0) is 14.3 Å². The third kappa shape index (κ3) is 3.94. The van der Waals surface area contributed by atoms with E-state index in [-0.39, 0.29) is 5.91 Å². The summed E-state index contributed by atoms with van der Waals surface area (Å²) < 4.78 is 11.0. The number of nitrogens with one attached hydrogen (secondary N) is 1. The van der Waals surface area contributed by atoms with Crippen molar-refractivity contribution in [2.75, 3.05) is 26.4 Å². The number of nitrogens with zero attached hydrogens (tertiary/aromatic N) is 1. The number of nitriles is 1. The van der Waals surface area contributed by atoms with E-state index in [0.717, 1.165) is 12.8 Å². The fraction of sp³-hybridized carbons (Fsp3) is 0.867. The van der Waals surface area contributed by atoms with Crippen LogP contribution in [0.25, 0.3) is 0 Å². The monoisotopic (exact) mass is 280 g/mol. The SMILES string of the molecule is N#CC1(C(=O)NCCOC2CCCCC2)CCOCC1. The predicted octanol–water partition coefficient (Wildman–Crippen LogP) is 1.77. The number of carbonyl (C=O) groups excluding carboxylic acids is 1. The van der Waals surface area contributed by atoms with Crippen LogP contribution in [0, 0.1) is 16.7 Å². The zero-order chi connectivity index (χ0) is 14.3. The largest absolute Gasteiger partial charge is 0.381 e. The second-order valence-corrected chi connectivity index (χ2v) is 5.69. The van der Waals surface area contributed by atoms with Crippen LogP contribution in [-0.4, -0.2) is 38.4 Å². The second kappa shape index (κ2) is 7.61. The summed E-state index contributed by atoms with van der Waals surface area (Å²) in [6.45, 7) is 1.99. The van der Waals surface area contributed by atoms with Crippen molar-refractivity contribution in [1.82, 2.24) is 5.32 Å². The lowest BCUT2D eigenvalue weighted by Crippen LogP contribution is -2.44. The van der Waals surface area contributed by atoms with E-state index in [1.54, 1.807) is 0 Å². The van der Waals surface area contributed by atoms with Crippen LogP contribution in [0.15, 0.2) is 0 Å². The molecule has 1 aliphatic heterocycles. The van der Waals surface area contributed by atoms with Crippen molar-refractivity contribution >= 4 is 5.91 Å². The summed E-state index contributed by atoms with van der Waals surface area (Å²) in [5.74, 6) is -0.171. The van der Waals surface area contributed by atoms with Gasteiger partial charge in [-0.05, 0) is 25.7 Å². The Hall–Kier alpha value is -1.12. The highest BCUT2D eigenvalue weighted by atomic mass is 16.5. The molecule has 1 N–H and O–H groups in total. The first-order valence-electron chi connectivity index (χ1n) is 7.66. The first-order chi connectivity index (χ1) is 9.77. The van der Waals surface area contributed by atoms with Gasteiger partial charge in [0.15, 0.2) is 0 Å². The average Bonchev–Trinajstić information content (AvgIpc) is 2.53. The third-order valence-corrected chi connectivity index (χ3v) is 4.29. The lowest BCUT2D eigenvalue weighted by molar-refractivity contribution is -0.132. The molecule has 112 valence electrons. The number of amides is 1. The molecule has 2 aliphatic rings. The summed E-state index contributed by atoms with van der Waals surface area (Å²) in [5.41, 5.74) is -0.900. The molecule has 2 rings (SSSR count). The Morgan fingerprint density at radius 1 is 1.30 bits per heavy atom. The molecule has 20 heavy (non-hydrogen) atoms. The molecule has 0 radical (unpaired) electrons.